The second kappa shape index (κ2) is 5.83. The number of pyridine rings is 1. The van der Waals surface area contributed by atoms with Crippen LogP contribution >= 0.6 is 15.9 Å². The second-order valence-corrected chi connectivity index (χ2v) is 6.23. The van der Waals surface area contributed by atoms with Gasteiger partial charge < -0.3 is 10.5 Å². The van der Waals surface area contributed by atoms with Crippen molar-refractivity contribution in [3.8, 4) is 5.88 Å². The number of hydrogen-bond donors (Lipinski definition) is 1. The molecule has 2 N–H and O–H groups in total. The SMILES string of the molecule is Cc1cc(Br)cnc1OCC(C)(N)CC(C)C. The van der Waals surface area contributed by atoms with E-state index in [0.717, 1.165) is 16.5 Å². The summed E-state index contributed by atoms with van der Waals surface area (Å²) in [6.45, 7) is 8.80. The van der Waals surface area contributed by atoms with E-state index in [9.17, 15) is 0 Å². The third kappa shape index (κ3) is 5.04. The molecule has 4 heteroatoms. The van der Waals surface area contributed by atoms with Crippen LogP contribution < -0.4 is 10.5 Å². The molecule has 0 saturated heterocycles. The fourth-order valence-corrected chi connectivity index (χ4v) is 2.35. The number of rotatable bonds is 5. The van der Waals surface area contributed by atoms with Gasteiger partial charge in [0.15, 0.2) is 0 Å². The normalized spacial score (nSPS) is 14.8. The van der Waals surface area contributed by atoms with Crippen molar-refractivity contribution in [2.45, 2.75) is 39.7 Å². The van der Waals surface area contributed by atoms with Crippen LogP contribution in [0.3, 0.4) is 0 Å². The highest BCUT2D eigenvalue weighted by atomic mass is 79.9. The molecule has 0 amide bonds. The number of halogens is 1. The monoisotopic (exact) mass is 300 g/mol. The maximum Gasteiger partial charge on any atom is 0.216 e. The molecular weight excluding hydrogens is 280 g/mol. The number of aryl methyl sites for hydroxylation is 1. The Morgan fingerprint density at radius 2 is 2.18 bits per heavy atom. The van der Waals surface area contributed by atoms with Crippen molar-refractivity contribution in [1.82, 2.24) is 4.98 Å². The van der Waals surface area contributed by atoms with Gasteiger partial charge in [-0.25, -0.2) is 4.98 Å². The lowest BCUT2D eigenvalue weighted by molar-refractivity contribution is 0.199. The summed E-state index contributed by atoms with van der Waals surface area (Å²) in [4.78, 5) is 4.24. The standard InChI is InChI=1S/C13H21BrN2O/c1-9(2)6-13(4,15)8-17-12-10(3)5-11(14)7-16-12/h5,7,9H,6,8,15H2,1-4H3. The molecule has 0 aliphatic rings. The first kappa shape index (κ1) is 14.5. The fraction of sp³-hybridized carbons (Fsp3) is 0.615. The highest BCUT2D eigenvalue weighted by Gasteiger charge is 2.21. The number of nitrogens with zero attached hydrogens (tertiary/aromatic N) is 1. The Balaban J connectivity index is 2.61. The Kier molecular flexibility index (Phi) is 4.95. The molecule has 96 valence electrons. The lowest BCUT2D eigenvalue weighted by Crippen LogP contribution is -2.43. The molecule has 0 saturated carbocycles. The highest BCUT2D eigenvalue weighted by molar-refractivity contribution is 9.10. The van der Waals surface area contributed by atoms with Crippen LogP contribution in [0.1, 0.15) is 32.8 Å². The third-order valence-corrected chi connectivity index (χ3v) is 2.84. The molecule has 1 aromatic rings. The molecule has 1 aromatic heterocycles. The minimum absolute atomic E-state index is 0.310. The van der Waals surface area contributed by atoms with Gasteiger partial charge in [0.2, 0.25) is 5.88 Å². The van der Waals surface area contributed by atoms with Gasteiger partial charge in [-0.15, -0.1) is 0 Å². The first-order valence-electron chi connectivity index (χ1n) is 5.84. The smallest absolute Gasteiger partial charge is 0.216 e. The number of aromatic nitrogens is 1. The zero-order valence-electron chi connectivity index (χ0n) is 11.0. The van der Waals surface area contributed by atoms with E-state index in [-0.39, 0.29) is 5.54 Å². The predicted octanol–water partition coefficient (Wildman–Crippen LogP) is 3.29. The molecule has 0 bridgehead atoms. The van der Waals surface area contributed by atoms with Crippen molar-refractivity contribution in [3.63, 3.8) is 0 Å². The van der Waals surface area contributed by atoms with E-state index in [1.165, 1.54) is 0 Å². The molecule has 1 unspecified atom stereocenters. The molecule has 0 radical (unpaired) electrons. The van der Waals surface area contributed by atoms with Gasteiger partial charge >= 0.3 is 0 Å². The summed E-state index contributed by atoms with van der Waals surface area (Å²) in [7, 11) is 0. The Bertz CT molecular complexity index is 378. The minimum atomic E-state index is -0.310. The molecule has 0 aromatic carbocycles. The molecular formula is C13H21BrN2O. The lowest BCUT2D eigenvalue weighted by Gasteiger charge is -2.26. The Morgan fingerprint density at radius 1 is 1.53 bits per heavy atom. The zero-order valence-corrected chi connectivity index (χ0v) is 12.5. The Hall–Kier alpha value is -0.610. The topological polar surface area (TPSA) is 48.1 Å². The minimum Gasteiger partial charge on any atom is -0.476 e. The van der Waals surface area contributed by atoms with Crippen LogP contribution in [0.2, 0.25) is 0 Å². The van der Waals surface area contributed by atoms with Gasteiger partial charge in [0, 0.05) is 21.8 Å². The second-order valence-electron chi connectivity index (χ2n) is 5.32. The summed E-state index contributed by atoms with van der Waals surface area (Å²) in [6, 6.07) is 1.98. The molecule has 1 atom stereocenters. The van der Waals surface area contributed by atoms with Crippen molar-refractivity contribution in [2.75, 3.05) is 6.61 Å². The van der Waals surface area contributed by atoms with Gasteiger partial charge in [0.25, 0.3) is 0 Å². The van der Waals surface area contributed by atoms with Gasteiger partial charge in [-0.05, 0) is 48.2 Å². The quantitative estimate of drug-likeness (QED) is 0.908. The van der Waals surface area contributed by atoms with Gasteiger partial charge in [-0.2, -0.15) is 0 Å². The molecule has 3 nitrogen and oxygen atoms in total. The van der Waals surface area contributed by atoms with E-state index >= 15 is 0 Å². The summed E-state index contributed by atoms with van der Waals surface area (Å²) in [5, 5.41) is 0. The van der Waals surface area contributed by atoms with E-state index in [0.29, 0.717) is 18.4 Å². The predicted molar refractivity (Wildman–Crippen MR) is 74.2 cm³/mol. The van der Waals surface area contributed by atoms with E-state index < -0.39 is 0 Å². The summed E-state index contributed by atoms with van der Waals surface area (Å²) < 4.78 is 6.66. The fourth-order valence-electron chi connectivity index (χ4n) is 1.90. The molecule has 1 heterocycles. The van der Waals surface area contributed by atoms with Crippen LogP contribution in [0.4, 0.5) is 0 Å². The largest absolute Gasteiger partial charge is 0.476 e. The van der Waals surface area contributed by atoms with Crippen LogP contribution in [0.15, 0.2) is 16.7 Å². The van der Waals surface area contributed by atoms with E-state index in [1.807, 2.05) is 19.9 Å². The van der Waals surface area contributed by atoms with Crippen LogP contribution in [0, 0.1) is 12.8 Å². The number of ether oxygens (including phenoxy) is 1. The van der Waals surface area contributed by atoms with Crippen LogP contribution in [-0.2, 0) is 0 Å². The summed E-state index contributed by atoms with van der Waals surface area (Å²) in [5.74, 6) is 1.22. The number of nitrogens with two attached hydrogens (primary N) is 1. The van der Waals surface area contributed by atoms with Gasteiger partial charge in [0.1, 0.15) is 6.61 Å². The average Bonchev–Trinajstić information content (AvgIpc) is 2.14. The average molecular weight is 301 g/mol. The molecule has 0 fully saturated rings. The van der Waals surface area contributed by atoms with Gasteiger partial charge in [-0.1, -0.05) is 13.8 Å². The van der Waals surface area contributed by atoms with Crippen LogP contribution in [0.5, 0.6) is 5.88 Å². The zero-order chi connectivity index (χ0) is 13.1. The highest BCUT2D eigenvalue weighted by Crippen LogP contribution is 2.21. The Labute approximate surface area is 112 Å². The maximum absolute atomic E-state index is 6.18. The van der Waals surface area contributed by atoms with Gasteiger partial charge in [0.05, 0.1) is 0 Å². The van der Waals surface area contributed by atoms with Crippen molar-refractivity contribution < 1.29 is 4.74 Å². The summed E-state index contributed by atoms with van der Waals surface area (Å²) in [6.07, 6.45) is 2.67. The van der Waals surface area contributed by atoms with Crippen molar-refractivity contribution >= 4 is 15.9 Å². The third-order valence-electron chi connectivity index (χ3n) is 2.41. The molecule has 0 spiro atoms. The summed E-state index contributed by atoms with van der Waals surface area (Å²) in [5.41, 5.74) is 6.89. The van der Waals surface area contributed by atoms with Gasteiger partial charge in [-0.3, -0.25) is 0 Å². The molecule has 0 aliphatic carbocycles. The first-order valence-corrected chi connectivity index (χ1v) is 6.63. The molecule has 0 aliphatic heterocycles. The molecule has 1 rings (SSSR count). The van der Waals surface area contributed by atoms with E-state index in [4.69, 9.17) is 10.5 Å². The van der Waals surface area contributed by atoms with Crippen LogP contribution in [0.25, 0.3) is 0 Å². The van der Waals surface area contributed by atoms with Crippen molar-refractivity contribution in [3.05, 3.63) is 22.3 Å². The summed E-state index contributed by atoms with van der Waals surface area (Å²) >= 11 is 3.38. The maximum atomic E-state index is 6.18. The number of hydrogen-bond acceptors (Lipinski definition) is 3. The molecule has 17 heavy (non-hydrogen) atoms. The van der Waals surface area contributed by atoms with Crippen molar-refractivity contribution in [2.24, 2.45) is 11.7 Å². The van der Waals surface area contributed by atoms with Crippen LogP contribution in [-0.4, -0.2) is 17.1 Å². The Morgan fingerprint density at radius 3 is 2.71 bits per heavy atom. The van der Waals surface area contributed by atoms with E-state index in [2.05, 4.69) is 34.8 Å². The first-order chi connectivity index (χ1) is 7.80. The lowest BCUT2D eigenvalue weighted by atomic mass is 9.93. The van der Waals surface area contributed by atoms with E-state index in [1.54, 1.807) is 6.20 Å². The van der Waals surface area contributed by atoms with Crippen molar-refractivity contribution in [1.29, 1.82) is 0 Å².